The molecular weight excluding hydrogens is 238 g/mol. The molecule has 2 aromatic rings. The topological polar surface area (TPSA) is 53.1 Å². The summed E-state index contributed by atoms with van der Waals surface area (Å²) >= 11 is 0. The van der Waals surface area contributed by atoms with Gasteiger partial charge < -0.3 is 10.5 Å². The Kier molecular flexibility index (Phi) is 3.62. The minimum Gasteiger partial charge on any atom is -0.496 e. The van der Waals surface area contributed by atoms with Crippen molar-refractivity contribution >= 4 is 0 Å². The number of hydrogen-bond donors (Lipinski definition) is 1. The normalized spacial score (nSPS) is 12.5. The third-order valence-corrected chi connectivity index (χ3v) is 3.73. The number of aryl methyl sites for hydroxylation is 3. The largest absolute Gasteiger partial charge is 0.496 e. The highest BCUT2D eigenvalue weighted by molar-refractivity contribution is 5.45. The number of hydrogen-bond acceptors (Lipinski definition) is 3. The fourth-order valence-corrected chi connectivity index (χ4v) is 2.36. The van der Waals surface area contributed by atoms with Gasteiger partial charge in [-0.05, 0) is 43.5 Å². The highest BCUT2D eigenvalue weighted by Crippen LogP contribution is 2.29. The molecule has 4 nitrogen and oxygen atoms in total. The number of nitrogens with zero attached hydrogens (tertiary/aromatic N) is 2. The molecule has 1 aromatic carbocycles. The molecule has 102 valence electrons. The molecular formula is C15H21N3O. The molecule has 1 atom stereocenters. The minimum atomic E-state index is -0.154. The third-order valence-electron chi connectivity index (χ3n) is 3.73. The molecule has 2 rings (SSSR count). The van der Waals surface area contributed by atoms with Crippen LogP contribution in [0.2, 0.25) is 0 Å². The van der Waals surface area contributed by atoms with Gasteiger partial charge in [0.05, 0.1) is 19.3 Å². The van der Waals surface area contributed by atoms with Gasteiger partial charge in [-0.25, -0.2) is 0 Å². The zero-order valence-corrected chi connectivity index (χ0v) is 12.2. The van der Waals surface area contributed by atoms with Crippen molar-refractivity contribution in [3.8, 4) is 5.75 Å². The highest BCUT2D eigenvalue weighted by atomic mass is 16.5. The van der Waals surface area contributed by atoms with E-state index < -0.39 is 0 Å². The summed E-state index contributed by atoms with van der Waals surface area (Å²) in [5, 5.41) is 4.26. The fraction of sp³-hybridized carbons (Fsp3) is 0.400. The van der Waals surface area contributed by atoms with Crippen LogP contribution in [0.3, 0.4) is 0 Å². The van der Waals surface area contributed by atoms with E-state index in [1.54, 1.807) is 7.11 Å². The molecule has 0 bridgehead atoms. The number of ether oxygens (including phenoxy) is 1. The quantitative estimate of drug-likeness (QED) is 0.921. The van der Waals surface area contributed by atoms with Gasteiger partial charge in [0.15, 0.2) is 0 Å². The van der Waals surface area contributed by atoms with Gasteiger partial charge in [-0.3, -0.25) is 4.68 Å². The van der Waals surface area contributed by atoms with Crippen LogP contribution in [0.25, 0.3) is 0 Å². The first kappa shape index (κ1) is 13.6. The van der Waals surface area contributed by atoms with Crippen molar-refractivity contribution < 1.29 is 4.74 Å². The Morgan fingerprint density at radius 2 is 1.84 bits per heavy atom. The molecule has 19 heavy (non-hydrogen) atoms. The van der Waals surface area contributed by atoms with Crippen molar-refractivity contribution in [1.29, 1.82) is 0 Å². The molecule has 1 unspecified atom stereocenters. The van der Waals surface area contributed by atoms with Crippen molar-refractivity contribution in [3.63, 3.8) is 0 Å². The molecule has 0 aliphatic carbocycles. The van der Waals surface area contributed by atoms with Gasteiger partial charge in [0.1, 0.15) is 5.75 Å². The number of aromatic nitrogens is 2. The first-order valence-electron chi connectivity index (χ1n) is 6.35. The Labute approximate surface area is 114 Å². The second-order valence-electron chi connectivity index (χ2n) is 4.97. The maximum absolute atomic E-state index is 6.40. The van der Waals surface area contributed by atoms with E-state index in [1.807, 2.05) is 37.8 Å². The summed E-state index contributed by atoms with van der Waals surface area (Å²) in [4.78, 5) is 0. The molecule has 0 fully saturated rings. The lowest BCUT2D eigenvalue weighted by Crippen LogP contribution is -2.14. The molecule has 1 heterocycles. The van der Waals surface area contributed by atoms with Crippen molar-refractivity contribution in [1.82, 2.24) is 9.78 Å². The first-order chi connectivity index (χ1) is 8.95. The molecule has 0 saturated heterocycles. The summed E-state index contributed by atoms with van der Waals surface area (Å²) in [5.74, 6) is 0.899. The molecule has 0 amide bonds. The van der Waals surface area contributed by atoms with Crippen molar-refractivity contribution in [3.05, 3.63) is 46.3 Å². The molecule has 1 aromatic heterocycles. The lowest BCUT2D eigenvalue weighted by atomic mass is 9.94. The second kappa shape index (κ2) is 5.05. The van der Waals surface area contributed by atoms with Crippen LogP contribution < -0.4 is 10.5 Å². The fourth-order valence-electron chi connectivity index (χ4n) is 2.36. The molecule has 0 aliphatic rings. The summed E-state index contributed by atoms with van der Waals surface area (Å²) in [7, 11) is 3.62. The molecule has 4 heteroatoms. The SMILES string of the molecule is COc1cc(C)c(C(N)c2cnn(C)c2C)cc1C. The van der Waals surface area contributed by atoms with E-state index in [0.717, 1.165) is 33.7 Å². The molecule has 0 radical (unpaired) electrons. The second-order valence-corrected chi connectivity index (χ2v) is 4.97. The van der Waals surface area contributed by atoms with E-state index in [9.17, 15) is 0 Å². The number of rotatable bonds is 3. The Hall–Kier alpha value is -1.81. The van der Waals surface area contributed by atoms with Crippen LogP contribution in [0.5, 0.6) is 5.75 Å². The number of benzene rings is 1. The van der Waals surface area contributed by atoms with Gasteiger partial charge >= 0.3 is 0 Å². The number of nitrogens with two attached hydrogens (primary N) is 1. The Balaban J connectivity index is 2.47. The predicted molar refractivity (Wildman–Crippen MR) is 76.4 cm³/mol. The van der Waals surface area contributed by atoms with Crippen LogP contribution in [-0.2, 0) is 7.05 Å². The first-order valence-corrected chi connectivity index (χ1v) is 6.35. The van der Waals surface area contributed by atoms with Gasteiger partial charge in [-0.15, -0.1) is 0 Å². The Bertz CT molecular complexity index is 602. The van der Waals surface area contributed by atoms with Crippen molar-refractivity contribution in [2.75, 3.05) is 7.11 Å². The summed E-state index contributed by atoms with van der Waals surface area (Å²) in [5.41, 5.74) is 11.9. The van der Waals surface area contributed by atoms with Gasteiger partial charge in [-0.2, -0.15) is 5.10 Å². The zero-order chi connectivity index (χ0) is 14.2. The van der Waals surface area contributed by atoms with Crippen LogP contribution >= 0.6 is 0 Å². The van der Waals surface area contributed by atoms with E-state index in [4.69, 9.17) is 10.5 Å². The third kappa shape index (κ3) is 2.36. The summed E-state index contributed by atoms with van der Waals surface area (Å²) in [6, 6.07) is 3.99. The van der Waals surface area contributed by atoms with Crippen molar-refractivity contribution in [2.24, 2.45) is 12.8 Å². The maximum atomic E-state index is 6.40. The van der Waals surface area contributed by atoms with Crippen LogP contribution in [0.1, 0.15) is 34.0 Å². The summed E-state index contributed by atoms with van der Waals surface area (Å²) in [6.45, 7) is 6.13. The highest BCUT2D eigenvalue weighted by Gasteiger charge is 2.17. The lowest BCUT2D eigenvalue weighted by Gasteiger charge is -2.17. The number of methoxy groups -OCH3 is 1. The Morgan fingerprint density at radius 1 is 1.16 bits per heavy atom. The van der Waals surface area contributed by atoms with E-state index in [2.05, 4.69) is 18.1 Å². The lowest BCUT2D eigenvalue weighted by molar-refractivity contribution is 0.411. The van der Waals surface area contributed by atoms with E-state index in [1.165, 1.54) is 0 Å². The van der Waals surface area contributed by atoms with E-state index >= 15 is 0 Å². The molecule has 0 aliphatic heterocycles. The van der Waals surface area contributed by atoms with E-state index in [0.29, 0.717) is 0 Å². The average Bonchev–Trinajstić information content (AvgIpc) is 2.71. The van der Waals surface area contributed by atoms with Gasteiger partial charge in [0.25, 0.3) is 0 Å². The van der Waals surface area contributed by atoms with Crippen molar-refractivity contribution in [2.45, 2.75) is 26.8 Å². The van der Waals surface area contributed by atoms with Gasteiger partial charge in [0, 0.05) is 18.3 Å². The maximum Gasteiger partial charge on any atom is 0.122 e. The van der Waals surface area contributed by atoms with Crippen LogP contribution in [0.4, 0.5) is 0 Å². The smallest absolute Gasteiger partial charge is 0.122 e. The standard InChI is InChI=1S/C15H21N3O/c1-9-7-14(19-5)10(2)6-12(9)15(16)13-8-17-18(4)11(13)3/h6-8,15H,16H2,1-5H3. The Morgan fingerprint density at radius 3 is 2.37 bits per heavy atom. The van der Waals surface area contributed by atoms with Gasteiger partial charge in [0.2, 0.25) is 0 Å². The van der Waals surface area contributed by atoms with Crippen LogP contribution in [-0.4, -0.2) is 16.9 Å². The molecule has 0 spiro atoms. The van der Waals surface area contributed by atoms with Gasteiger partial charge in [-0.1, -0.05) is 6.07 Å². The summed E-state index contributed by atoms with van der Waals surface area (Å²) < 4.78 is 7.18. The van der Waals surface area contributed by atoms with Crippen LogP contribution in [0.15, 0.2) is 18.3 Å². The van der Waals surface area contributed by atoms with Crippen LogP contribution in [0, 0.1) is 20.8 Å². The predicted octanol–water partition coefficient (Wildman–Crippen LogP) is 2.40. The monoisotopic (exact) mass is 259 g/mol. The zero-order valence-electron chi connectivity index (χ0n) is 12.2. The minimum absolute atomic E-state index is 0.154. The summed E-state index contributed by atoms with van der Waals surface area (Å²) in [6.07, 6.45) is 1.85. The average molecular weight is 259 g/mol. The van der Waals surface area contributed by atoms with E-state index in [-0.39, 0.29) is 6.04 Å². The molecule has 0 saturated carbocycles. The molecule has 2 N–H and O–H groups in total.